The standard InChI is InChI=1S/C16H25ClN2O2/c1-5-12(4)19-16(20)10-21-15-7-6-14(17)8-13(15)9-18-11(2)3/h6-8,11-12,18H,5,9-10H2,1-4H3,(H,19,20). The summed E-state index contributed by atoms with van der Waals surface area (Å²) < 4.78 is 5.62. The molecule has 1 aromatic rings. The van der Waals surface area contributed by atoms with E-state index >= 15 is 0 Å². The minimum absolute atomic E-state index is 0.0145. The van der Waals surface area contributed by atoms with Gasteiger partial charge in [0.15, 0.2) is 6.61 Å². The molecule has 0 aromatic heterocycles. The van der Waals surface area contributed by atoms with Gasteiger partial charge in [-0.25, -0.2) is 0 Å². The fourth-order valence-corrected chi connectivity index (χ4v) is 1.90. The zero-order valence-electron chi connectivity index (χ0n) is 13.2. The SMILES string of the molecule is CCC(C)NC(=O)COc1ccc(Cl)cc1CNC(C)C. The van der Waals surface area contributed by atoms with Gasteiger partial charge in [-0.15, -0.1) is 0 Å². The van der Waals surface area contributed by atoms with Crippen molar-refractivity contribution in [2.45, 2.75) is 52.7 Å². The van der Waals surface area contributed by atoms with Gasteiger partial charge in [-0.3, -0.25) is 4.79 Å². The minimum Gasteiger partial charge on any atom is -0.483 e. The predicted molar refractivity (Wildman–Crippen MR) is 86.8 cm³/mol. The summed E-state index contributed by atoms with van der Waals surface area (Å²) in [5.74, 6) is 0.578. The molecule has 21 heavy (non-hydrogen) atoms. The summed E-state index contributed by atoms with van der Waals surface area (Å²) in [4.78, 5) is 11.8. The Hall–Kier alpha value is -1.26. The predicted octanol–water partition coefficient (Wildman–Crippen LogP) is 3.13. The van der Waals surface area contributed by atoms with E-state index in [9.17, 15) is 4.79 Å². The lowest BCUT2D eigenvalue weighted by Gasteiger charge is -2.15. The van der Waals surface area contributed by atoms with Crippen LogP contribution in [0.3, 0.4) is 0 Å². The van der Waals surface area contributed by atoms with Gasteiger partial charge in [0.05, 0.1) is 0 Å². The molecule has 0 aliphatic carbocycles. The maximum Gasteiger partial charge on any atom is 0.258 e. The Morgan fingerprint density at radius 3 is 2.67 bits per heavy atom. The minimum atomic E-state index is -0.109. The zero-order chi connectivity index (χ0) is 15.8. The third kappa shape index (κ3) is 6.82. The third-order valence-electron chi connectivity index (χ3n) is 3.10. The van der Waals surface area contributed by atoms with Crippen molar-refractivity contribution >= 4 is 17.5 Å². The van der Waals surface area contributed by atoms with Gasteiger partial charge in [0.2, 0.25) is 0 Å². The molecule has 0 aliphatic rings. The number of ether oxygens (including phenoxy) is 1. The Balaban J connectivity index is 2.63. The Bertz CT molecular complexity index is 464. The molecule has 0 saturated heterocycles. The molecule has 2 N–H and O–H groups in total. The van der Waals surface area contributed by atoms with E-state index in [1.54, 1.807) is 12.1 Å². The normalized spacial score (nSPS) is 12.3. The van der Waals surface area contributed by atoms with E-state index in [1.807, 2.05) is 19.9 Å². The number of carbonyl (C=O) groups excluding carboxylic acids is 1. The van der Waals surface area contributed by atoms with Crippen LogP contribution in [0.1, 0.15) is 39.7 Å². The highest BCUT2D eigenvalue weighted by Crippen LogP contribution is 2.23. The average molecular weight is 313 g/mol. The van der Waals surface area contributed by atoms with Gasteiger partial charge in [-0.05, 0) is 31.5 Å². The Labute approximate surface area is 132 Å². The van der Waals surface area contributed by atoms with Gasteiger partial charge in [-0.2, -0.15) is 0 Å². The first kappa shape index (κ1) is 17.8. The monoisotopic (exact) mass is 312 g/mol. The van der Waals surface area contributed by atoms with Crippen LogP contribution >= 0.6 is 11.6 Å². The van der Waals surface area contributed by atoms with Crippen LogP contribution in [0.5, 0.6) is 5.75 Å². The highest BCUT2D eigenvalue weighted by Gasteiger charge is 2.10. The summed E-state index contributed by atoms with van der Waals surface area (Å²) in [7, 11) is 0. The van der Waals surface area contributed by atoms with Crippen molar-refractivity contribution in [3.63, 3.8) is 0 Å². The Morgan fingerprint density at radius 2 is 2.05 bits per heavy atom. The summed E-state index contributed by atoms with van der Waals surface area (Å²) in [6.07, 6.45) is 0.899. The number of benzene rings is 1. The number of nitrogens with one attached hydrogen (secondary N) is 2. The van der Waals surface area contributed by atoms with Crippen LogP contribution in [-0.4, -0.2) is 24.6 Å². The summed E-state index contributed by atoms with van der Waals surface area (Å²) >= 11 is 6.02. The molecule has 1 aromatic carbocycles. The largest absolute Gasteiger partial charge is 0.483 e. The van der Waals surface area contributed by atoms with Gasteiger partial charge < -0.3 is 15.4 Å². The summed E-state index contributed by atoms with van der Waals surface area (Å²) in [6, 6.07) is 5.95. The summed E-state index contributed by atoms with van der Waals surface area (Å²) in [5, 5.41) is 6.85. The molecular formula is C16H25ClN2O2. The van der Waals surface area contributed by atoms with Crippen LogP contribution in [0.2, 0.25) is 5.02 Å². The topological polar surface area (TPSA) is 50.4 Å². The molecule has 0 spiro atoms. The number of amides is 1. The van der Waals surface area contributed by atoms with E-state index in [-0.39, 0.29) is 18.6 Å². The molecule has 1 unspecified atom stereocenters. The number of halogens is 1. The zero-order valence-corrected chi connectivity index (χ0v) is 14.0. The van der Waals surface area contributed by atoms with Crippen molar-refractivity contribution < 1.29 is 9.53 Å². The van der Waals surface area contributed by atoms with E-state index in [2.05, 4.69) is 24.5 Å². The molecular weight excluding hydrogens is 288 g/mol. The van der Waals surface area contributed by atoms with E-state index in [4.69, 9.17) is 16.3 Å². The summed E-state index contributed by atoms with van der Waals surface area (Å²) in [5.41, 5.74) is 0.951. The van der Waals surface area contributed by atoms with Crippen molar-refractivity contribution in [1.29, 1.82) is 0 Å². The quantitative estimate of drug-likeness (QED) is 0.775. The van der Waals surface area contributed by atoms with Crippen molar-refractivity contribution in [1.82, 2.24) is 10.6 Å². The number of hydrogen-bond acceptors (Lipinski definition) is 3. The maximum absolute atomic E-state index is 11.8. The lowest BCUT2D eigenvalue weighted by atomic mass is 10.2. The van der Waals surface area contributed by atoms with Crippen LogP contribution in [0.15, 0.2) is 18.2 Å². The number of rotatable bonds is 8. The van der Waals surface area contributed by atoms with E-state index in [1.165, 1.54) is 0 Å². The summed E-state index contributed by atoms with van der Waals surface area (Å²) in [6.45, 7) is 8.81. The van der Waals surface area contributed by atoms with Crippen LogP contribution in [0.25, 0.3) is 0 Å². The molecule has 1 rings (SSSR count). The Morgan fingerprint density at radius 1 is 1.33 bits per heavy atom. The van der Waals surface area contributed by atoms with Gasteiger partial charge in [0.1, 0.15) is 5.75 Å². The molecule has 1 atom stereocenters. The fraction of sp³-hybridized carbons (Fsp3) is 0.562. The highest BCUT2D eigenvalue weighted by atomic mass is 35.5. The van der Waals surface area contributed by atoms with Crippen molar-refractivity contribution in [2.75, 3.05) is 6.61 Å². The van der Waals surface area contributed by atoms with Crippen molar-refractivity contribution in [3.05, 3.63) is 28.8 Å². The molecule has 0 saturated carbocycles. The fourth-order valence-electron chi connectivity index (χ4n) is 1.70. The molecule has 118 valence electrons. The first-order valence-electron chi connectivity index (χ1n) is 7.36. The number of carbonyl (C=O) groups is 1. The van der Waals surface area contributed by atoms with Crippen LogP contribution in [0, 0.1) is 0 Å². The van der Waals surface area contributed by atoms with Crippen molar-refractivity contribution in [3.8, 4) is 5.75 Å². The molecule has 0 bridgehead atoms. The molecule has 5 heteroatoms. The van der Waals surface area contributed by atoms with E-state index in [0.29, 0.717) is 23.4 Å². The molecule has 0 radical (unpaired) electrons. The van der Waals surface area contributed by atoms with Gasteiger partial charge in [0, 0.05) is 29.2 Å². The molecule has 1 amide bonds. The Kier molecular flexibility index (Phi) is 7.54. The lowest BCUT2D eigenvalue weighted by Crippen LogP contribution is -2.35. The second-order valence-electron chi connectivity index (χ2n) is 5.45. The molecule has 0 heterocycles. The van der Waals surface area contributed by atoms with Gasteiger partial charge >= 0.3 is 0 Å². The maximum atomic E-state index is 11.8. The highest BCUT2D eigenvalue weighted by molar-refractivity contribution is 6.30. The molecule has 4 nitrogen and oxygen atoms in total. The number of hydrogen-bond donors (Lipinski definition) is 2. The van der Waals surface area contributed by atoms with Crippen LogP contribution in [0.4, 0.5) is 0 Å². The van der Waals surface area contributed by atoms with Gasteiger partial charge in [-0.1, -0.05) is 32.4 Å². The van der Waals surface area contributed by atoms with Gasteiger partial charge in [0.25, 0.3) is 5.91 Å². The van der Waals surface area contributed by atoms with E-state index in [0.717, 1.165) is 12.0 Å². The average Bonchev–Trinajstić information content (AvgIpc) is 2.43. The second-order valence-corrected chi connectivity index (χ2v) is 5.89. The molecule has 0 fully saturated rings. The third-order valence-corrected chi connectivity index (χ3v) is 3.34. The van der Waals surface area contributed by atoms with E-state index < -0.39 is 0 Å². The smallest absolute Gasteiger partial charge is 0.258 e. The van der Waals surface area contributed by atoms with Crippen LogP contribution < -0.4 is 15.4 Å². The first-order chi connectivity index (χ1) is 9.92. The molecule has 0 aliphatic heterocycles. The second kappa shape index (κ2) is 8.90. The van der Waals surface area contributed by atoms with Crippen molar-refractivity contribution in [2.24, 2.45) is 0 Å². The lowest BCUT2D eigenvalue weighted by molar-refractivity contribution is -0.123. The van der Waals surface area contributed by atoms with Crippen LogP contribution in [-0.2, 0) is 11.3 Å². The first-order valence-corrected chi connectivity index (χ1v) is 7.74.